The maximum Gasteiger partial charge on any atom is 0.262 e. The number of aromatic nitrogens is 3. The van der Waals surface area contributed by atoms with Crippen LogP contribution in [0.4, 0.5) is 15.9 Å². The number of rotatable bonds is 22. The third-order valence-electron chi connectivity index (χ3n) is 16.1. The molecule has 4 aliphatic rings. The minimum Gasteiger partial charge on any atom is -0.382 e. The molecule has 5 amide bonds. The molecule has 6 N–H and O–H groups in total. The van der Waals surface area contributed by atoms with Crippen LogP contribution in [0.2, 0.25) is 0 Å². The van der Waals surface area contributed by atoms with Crippen molar-refractivity contribution in [3.05, 3.63) is 94.7 Å². The highest BCUT2D eigenvalue weighted by Crippen LogP contribution is 2.44. The molecule has 4 aromatic rings. The molecule has 1 saturated carbocycles. The minimum atomic E-state index is -0.724. The number of unbranched alkanes of at least 4 members (excludes halogenated alkanes) is 5. The van der Waals surface area contributed by atoms with Crippen molar-refractivity contribution in [1.82, 2.24) is 45.8 Å². The van der Waals surface area contributed by atoms with E-state index in [2.05, 4.69) is 42.2 Å². The van der Waals surface area contributed by atoms with E-state index in [1.807, 2.05) is 69.0 Å². The van der Waals surface area contributed by atoms with E-state index in [1.165, 1.54) is 18.3 Å². The van der Waals surface area contributed by atoms with Crippen LogP contribution in [0, 0.1) is 28.5 Å². The number of nitrogens with two attached hydrogens (primary N) is 1. The summed E-state index contributed by atoms with van der Waals surface area (Å²) in [6.45, 7) is 11.9. The molecule has 0 spiro atoms. The van der Waals surface area contributed by atoms with Gasteiger partial charge in [0.2, 0.25) is 17.7 Å². The number of carbonyl (C=O) groups is 5. The first-order chi connectivity index (χ1) is 38.0. The molecule has 6 atom stereocenters. The molecule has 2 bridgehead atoms. The number of benzene rings is 2. The molecule has 2 saturated heterocycles. The van der Waals surface area contributed by atoms with Gasteiger partial charge in [0.05, 0.1) is 48.5 Å². The van der Waals surface area contributed by atoms with Crippen LogP contribution in [-0.2, 0) is 32.3 Å². The van der Waals surface area contributed by atoms with Gasteiger partial charge in [0.1, 0.15) is 29.4 Å². The number of hydrogen-bond acceptors (Lipinski definition) is 12. The summed E-state index contributed by atoms with van der Waals surface area (Å²) in [5, 5.41) is 28.4. The normalized spacial score (nSPS) is 19.4. The lowest BCUT2D eigenvalue weighted by atomic mass is 9.80. The molecule has 79 heavy (non-hydrogen) atoms. The van der Waals surface area contributed by atoms with Crippen LogP contribution in [-0.4, -0.2) is 118 Å². The summed E-state index contributed by atoms with van der Waals surface area (Å²) in [4.78, 5) is 83.2. The maximum absolute atomic E-state index is 14.9. The summed E-state index contributed by atoms with van der Waals surface area (Å²) >= 11 is 0. The highest BCUT2D eigenvalue weighted by Gasteiger charge is 2.45. The summed E-state index contributed by atoms with van der Waals surface area (Å²) in [5.41, 5.74) is 10.7. The molecule has 0 radical (unpaired) electrons. The van der Waals surface area contributed by atoms with Gasteiger partial charge in [0, 0.05) is 67.2 Å². The number of likely N-dealkylation sites (tertiary alicyclic amines) is 1. The third kappa shape index (κ3) is 14.1. The predicted octanol–water partition coefficient (Wildman–Crippen LogP) is 7.54. The summed E-state index contributed by atoms with van der Waals surface area (Å²) in [6.07, 6.45) is 13.3. The molecular formula is C60H80FN13O5. The van der Waals surface area contributed by atoms with Gasteiger partial charge in [-0.15, -0.1) is 0 Å². The van der Waals surface area contributed by atoms with Crippen molar-refractivity contribution in [2.24, 2.45) is 16.3 Å². The Balaban J connectivity index is 0.819. The minimum absolute atomic E-state index is 0.00998. The number of anilines is 2. The van der Waals surface area contributed by atoms with Gasteiger partial charge in [-0.1, -0.05) is 83.7 Å². The first kappa shape index (κ1) is 58.1. The number of fused-ring (bicyclic) bond motifs is 8. The molecule has 8 rings (SSSR count). The number of hydrogen-bond donors (Lipinski definition) is 5. The smallest absolute Gasteiger partial charge is 0.262 e. The Kier molecular flexibility index (Phi) is 19.3. The zero-order valence-electron chi connectivity index (χ0n) is 46.9. The number of likely N-dealkylation sites (N-methyl/N-ethyl adjacent to an activating group) is 1. The van der Waals surface area contributed by atoms with E-state index in [-0.39, 0.29) is 73.3 Å². The number of halogens is 1. The van der Waals surface area contributed by atoms with Gasteiger partial charge in [0.15, 0.2) is 0 Å². The first-order valence-electron chi connectivity index (χ1n) is 28.5. The van der Waals surface area contributed by atoms with Crippen molar-refractivity contribution >= 4 is 47.3 Å². The lowest BCUT2D eigenvalue weighted by Crippen LogP contribution is -2.50. The monoisotopic (exact) mass is 1080 g/mol. The van der Waals surface area contributed by atoms with Gasteiger partial charge in [-0.05, 0) is 113 Å². The van der Waals surface area contributed by atoms with Gasteiger partial charge in [-0.3, -0.25) is 28.7 Å². The number of pyridine rings is 1. The fraction of sp³-hybridized carbons (Fsp3) is 0.550. The van der Waals surface area contributed by atoms with Crippen molar-refractivity contribution in [2.75, 3.05) is 43.9 Å². The van der Waals surface area contributed by atoms with Crippen LogP contribution in [0.15, 0.2) is 65.8 Å². The van der Waals surface area contributed by atoms with E-state index in [1.54, 1.807) is 35.8 Å². The van der Waals surface area contributed by atoms with E-state index >= 15 is 0 Å². The predicted molar refractivity (Wildman–Crippen MR) is 303 cm³/mol. The Bertz CT molecular complexity index is 2890. The number of nitrogens with one attached hydrogen (secondary N) is 4. The molecule has 2 aromatic carbocycles. The largest absolute Gasteiger partial charge is 0.382 e. The third-order valence-corrected chi connectivity index (χ3v) is 16.1. The van der Waals surface area contributed by atoms with E-state index in [9.17, 15) is 33.6 Å². The topological polar surface area (TPSA) is 236 Å². The Morgan fingerprint density at radius 2 is 1.73 bits per heavy atom. The molecule has 1 unspecified atom stereocenters. The van der Waals surface area contributed by atoms with Crippen LogP contribution in [0.1, 0.15) is 163 Å². The molecule has 5 heterocycles. The first-order valence-corrected chi connectivity index (χ1v) is 28.5. The summed E-state index contributed by atoms with van der Waals surface area (Å²) in [7, 11) is 1.68. The Morgan fingerprint density at radius 1 is 0.987 bits per heavy atom. The second-order valence-electron chi connectivity index (χ2n) is 22.8. The lowest BCUT2D eigenvalue weighted by molar-refractivity contribution is -0.142. The van der Waals surface area contributed by atoms with Crippen molar-refractivity contribution in [3.63, 3.8) is 0 Å². The van der Waals surface area contributed by atoms with Crippen molar-refractivity contribution < 1.29 is 28.4 Å². The fourth-order valence-corrected chi connectivity index (χ4v) is 11.4. The summed E-state index contributed by atoms with van der Waals surface area (Å²) in [5.74, 6) is -1.91. The number of amides is 5. The second kappa shape index (κ2) is 26.3. The van der Waals surface area contributed by atoms with Gasteiger partial charge in [-0.25, -0.2) is 14.4 Å². The summed E-state index contributed by atoms with van der Waals surface area (Å²) < 4.78 is 16.5. The van der Waals surface area contributed by atoms with Crippen LogP contribution in [0.3, 0.4) is 0 Å². The molecule has 3 aliphatic heterocycles. The Hall–Kier alpha value is -7.04. The SMILES string of the molecule is CC[C@H](NC(=O)[C@H]1C[C@@H](NCCCCCCCCC(=O)NCCn2nc3c(c2C#N)-c2cnc(N)c(c2)N2CCC[C@@H]2c2cc(F)ccc2C(=O)N(C2CC2)C3)CN1C(=O)C(C=NC(=O)[C@@H](C)NC)C(C)(C)C)c1ccccc1. The number of nitriles is 1. The molecule has 2 aromatic heterocycles. The highest BCUT2D eigenvalue weighted by molar-refractivity contribution is 6.01. The molecule has 19 heteroatoms. The summed E-state index contributed by atoms with van der Waals surface area (Å²) in [6, 6.07) is 16.7. The average molecular weight is 1080 g/mol. The zero-order chi connectivity index (χ0) is 56.4. The van der Waals surface area contributed by atoms with Gasteiger partial charge in [-0.2, -0.15) is 10.4 Å². The van der Waals surface area contributed by atoms with Crippen molar-refractivity contribution in [3.8, 4) is 17.2 Å². The highest BCUT2D eigenvalue weighted by atomic mass is 19.1. The maximum atomic E-state index is 14.9. The van der Waals surface area contributed by atoms with Crippen LogP contribution in [0.25, 0.3) is 11.1 Å². The van der Waals surface area contributed by atoms with E-state index in [0.717, 1.165) is 69.9 Å². The van der Waals surface area contributed by atoms with Crippen molar-refractivity contribution in [1.29, 1.82) is 5.26 Å². The van der Waals surface area contributed by atoms with E-state index < -0.39 is 29.2 Å². The number of aliphatic imine (C=N–C) groups is 1. The molecule has 1 aliphatic carbocycles. The van der Waals surface area contributed by atoms with Gasteiger partial charge in [0.25, 0.3) is 11.8 Å². The van der Waals surface area contributed by atoms with Crippen molar-refractivity contribution in [2.45, 2.75) is 167 Å². The number of nitrogen functional groups attached to an aromatic ring is 1. The lowest BCUT2D eigenvalue weighted by Gasteiger charge is -2.33. The Labute approximate surface area is 464 Å². The van der Waals surface area contributed by atoms with Crippen LogP contribution < -0.4 is 31.9 Å². The quantitative estimate of drug-likeness (QED) is 0.0379. The molecule has 422 valence electrons. The zero-order valence-corrected chi connectivity index (χ0v) is 46.9. The molecular weight excluding hydrogens is 1000 g/mol. The van der Waals surface area contributed by atoms with E-state index in [0.29, 0.717) is 83.9 Å². The number of carbonyl (C=O) groups excluding carboxylic acids is 5. The second-order valence-corrected chi connectivity index (χ2v) is 22.8. The van der Waals surface area contributed by atoms with Crippen LogP contribution >= 0.6 is 0 Å². The van der Waals surface area contributed by atoms with E-state index in [4.69, 9.17) is 10.8 Å². The standard InChI is InChI=1S/C60H80FN13O5/c1-7-47(39-18-13-12-14-19-39)69-57(77)51-32-42(36-73(51)59(79)46(60(3,4)5)35-68-56(76)38(2)64-6)65-26-16-11-9-8-10-15-21-53(75)66-27-29-74-52(33-62)54-40-30-50(55(63)67-34-40)71-28-17-20-49(71)45-31-41(61)22-25-44(45)58(78)72(43-23-24-43)37-48(54)70-74/h12-14,18-19,22,25,30-31,34-35,38,42-43,46-47,49,51,64-65H,7-11,15-17,20-21,23-24,26-29,32,36-37H2,1-6H3,(H2,63,67)(H,66,75)(H,69,77)/t38-,42-,46?,47+,49-,51-/m1/s1. The number of nitrogens with zero attached hydrogens (tertiary/aromatic N) is 8. The molecule has 18 nitrogen and oxygen atoms in total. The van der Waals surface area contributed by atoms with Gasteiger partial charge >= 0.3 is 0 Å². The van der Waals surface area contributed by atoms with Gasteiger partial charge < -0.3 is 41.7 Å². The fourth-order valence-electron chi connectivity index (χ4n) is 11.4. The average Bonchev–Trinajstić information content (AvgIpc) is 3.85. The molecule has 3 fully saturated rings. The Morgan fingerprint density at radius 3 is 2.44 bits per heavy atom. The van der Waals surface area contributed by atoms with Crippen LogP contribution in [0.5, 0.6) is 0 Å².